The summed E-state index contributed by atoms with van der Waals surface area (Å²) in [6, 6.07) is 0. The van der Waals surface area contributed by atoms with Crippen LogP contribution in [0.3, 0.4) is 0 Å². The third-order valence-electron chi connectivity index (χ3n) is 4.03. The molecule has 0 spiro atoms. The molecule has 3 N–H and O–H groups in total. The molecular formula is C21H37N3O10. The molecule has 0 aromatic rings. The summed E-state index contributed by atoms with van der Waals surface area (Å²) in [5.41, 5.74) is -0.744. The monoisotopic (exact) mass is 491 g/mol. The van der Waals surface area contributed by atoms with Crippen LogP contribution in [-0.4, -0.2) is 130 Å². The van der Waals surface area contributed by atoms with Crippen LogP contribution in [0.1, 0.15) is 34.6 Å². The highest BCUT2D eigenvalue weighted by Gasteiger charge is 2.22. The Morgan fingerprint density at radius 1 is 0.647 bits per heavy atom. The molecule has 0 aromatic heterocycles. The van der Waals surface area contributed by atoms with E-state index in [1.807, 2.05) is 0 Å². The van der Waals surface area contributed by atoms with Gasteiger partial charge in [0.1, 0.15) is 5.60 Å². The maximum Gasteiger partial charge on any atom is 0.320 e. The molecule has 0 heterocycles. The van der Waals surface area contributed by atoms with Crippen molar-refractivity contribution in [2.45, 2.75) is 46.3 Å². The number of carboxylic acids is 3. The van der Waals surface area contributed by atoms with Crippen LogP contribution in [0.2, 0.25) is 0 Å². The molecular weight excluding hydrogens is 454 g/mol. The molecule has 0 radical (unpaired) electrons. The second-order valence-corrected chi connectivity index (χ2v) is 9.00. The molecule has 0 saturated carbocycles. The predicted molar refractivity (Wildman–Crippen MR) is 119 cm³/mol. The first-order valence-electron chi connectivity index (χ1n) is 10.8. The number of carboxylic acid groups (broad SMARTS) is 3. The van der Waals surface area contributed by atoms with E-state index >= 15 is 0 Å². The maximum atomic E-state index is 12.1. The SMILES string of the molecule is CC(C)OC(=O)CN(CCN(CCN(CC(=O)O)CC(=O)OC(C)(C)C)CC(=O)O)CC(=O)O. The number of hydrogen-bond acceptors (Lipinski definition) is 10. The molecule has 0 aliphatic heterocycles. The largest absolute Gasteiger partial charge is 0.480 e. The summed E-state index contributed by atoms with van der Waals surface area (Å²) in [5, 5.41) is 27.5. The van der Waals surface area contributed by atoms with Crippen LogP contribution in [0.4, 0.5) is 0 Å². The highest BCUT2D eigenvalue weighted by Crippen LogP contribution is 2.07. The molecule has 0 rings (SSSR count). The molecule has 0 aliphatic rings. The van der Waals surface area contributed by atoms with Gasteiger partial charge in [-0.15, -0.1) is 0 Å². The second kappa shape index (κ2) is 15.2. The fourth-order valence-electron chi connectivity index (χ4n) is 2.88. The second-order valence-electron chi connectivity index (χ2n) is 9.00. The van der Waals surface area contributed by atoms with Gasteiger partial charge in [0.2, 0.25) is 0 Å². The van der Waals surface area contributed by atoms with E-state index in [1.165, 1.54) is 14.7 Å². The third kappa shape index (κ3) is 17.7. The number of esters is 2. The number of hydrogen-bond donors (Lipinski definition) is 3. The molecule has 0 fully saturated rings. The molecule has 0 saturated heterocycles. The van der Waals surface area contributed by atoms with Gasteiger partial charge in [0, 0.05) is 26.2 Å². The van der Waals surface area contributed by atoms with Crippen molar-refractivity contribution in [3.63, 3.8) is 0 Å². The van der Waals surface area contributed by atoms with Gasteiger partial charge < -0.3 is 24.8 Å². The average molecular weight is 492 g/mol. The zero-order valence-electron chi connectivity index (χ0n) is 20.5. The smallest absolute Gasteiger partial charge is 0.320 e. The van der Waals surface area contributed by atoms with Crippen molar-refractivity contribution >= 4 is 29.8 Å². The Hall–Kier alpha value is -2.77. The van der Waals surface area contributed by atoms with E-state index in [0.29, 0.717) is 0 Å². The van der Waals surface area contributed by atoms with E-state index in [4.69, 9.17) is 19.7 Å². The maximum absolute atomic E-state index is 12.1. The Morgan fingerprint density at radius 2 is 1.00 bits per heavy atom. The Labute approximate surface area is 199 Å². The van der Waals surface area contributed by atoms with Crippen LogP contribution in [0, 0.1) is 0 Å². The first-order chi connectivity index (χ1) is 15.6. The number of rotatable bonds is 17. The molecule has 196 valence electrons. The van der Waals surface area contributed by atoms with Gasteiger partial charge in [0.15, 0.2) is 0 Å². The van der Waals surface area contributed by atoms with Crippen molar-refractivity contribution in [1.29, 1.82) is 0 Å². The van der Waals surface area contributed by atoms with Crippen molar-refractivity contribution in [3.8, 4) is 0 Å². The molecule has 0 aromatic carbocycles. The fraction of sp³-hybridized carbons (Fsp3) is 0.762. The lowest BCUT2D eigenvalue weighted by Crippen LogP contribution is -2.46. The van der Waals surface area contributed by atoms with Crippen molar-refractivity contribution in [2.75, 3.05) is 58.9 Å². The number of carbonyl (C=O) groups is 5. The van der Waals surface area contributed by atoms with E-state index in [1.54, 1.807) is 34.6 Å². The topological polar surface area (TPSA) is 174 Å². The standard InChI is InChI=1S/C21H37N3O10/c1-15(2)33-19(31)13-23(11-17(27)28)8-6-22(10-16(25)26)7-9-24(12-18(29)30)14-20(32)34-21(3,4)5/h15H,6-14H2,1-5H3,(H,25,26)(H,27,28)(H,29,30). The van der Waals surface area contributed by atoms with Gasteiger partial charge in [-0.2, -0.15) is 0 Å². The highest BCUT2D eigenvalue weighted by atomic mass is 16.6. The van der Waals surface area contributed by atoms with E-state index < -0.39 is 55.1 Å². The Bertz CT molecular complexity index is 705. The number of carbonyl (C=O) groups excluding carboxylic acids is 2. The van der Waals surface area contributed by atoms with Gasteiger partial charge in [-0.05, 0) is 34.6 Å². The Kier molecular flexibility index (Phi) is 14.0. The summed E-state index contributed by atoms with van der Waals surface area (Å²) in [4.78, 5) is 61.7. The summed E-state index contributed by atoms with van der Waals surface area (Å²) >= 11 is 0. The minimum Gasteiger partial charge on any atom is -0.480 e. The van der Waals surface area contributed by atoms with Crippen LogP contribution in [0.15, 0.2) is 0 Å². The zero-order chi connectivity index (χ0) is 26.5. The van der Waals surface area contributed by atoms with Gasteiger partial charge in [-0.3, -0.25) is 38.7 Å². The Balaban J connectivity index is 5.15. The fourth-order valence-corrected chi connectivity index (χ4v) is 2.88. The summed E-state index contributed by atoms with van der Waals surface area (Å²) in [6.07, 6.45) is -0.368. The minimum atomic E-state index is -1.16. The first kappa shape index (κ1) is 31.2. The molecule has 0 bridgehead atoms. The third-order valence-corrected chi connectivity index (χ3v) is 4.03. The van der Waals surface area contributed by atoms with E-state index in [9.17, 15) is 29.1 Å². The van der Waals surface area contributed by atoms with E-state index in [0.717, 1.165) is 0 Å². The lowest BCUT2D eigenvalue weighted by Gasteiger charge is -2.28. The normalized spacial score (nSPS) is 11.8. The van der Waals surface area contributed by atoms with Crippen molar-refractivity contribution < 1.29 is 48.8 Å². The zero-order valence-corrected chi connectivity index (χ0v) is 20.5. The summed E-state index contributed by atoms with van der Waals surface area (Å²) in [7, 11) is 0. The van der Waals surface area contributed by atoms with Crippen molar-refractivity contribution in [3.05, 3.63) is 0 Å². The molecule has 0 atom stereocenters. The first-order valence-corrected chi connectivity index (χ1v) is 10.8. The van der Waals surface area contributed by atoms with Crippen molar-refractivity contribution in [1.82, 2.24) is 14.7 Å². The highest BCUT2D eigenvalue weighted by molar-refractivity contribution is 5.75. The lowest BCUT2D eigenvalue weighted by molar-refractivity contribution is -0.157. The molecule has 0 amide bonds. The summed E-state index contributed by atoms with van der Waals surface area (Å²) in [5.74, 6) is -4.68. The predicted octanol–water partition coefficient (Wildman–Crippen LogP) is -0.560. The van der Waals surface area contributed by atoms with Crippen LogP contribution in [-0.2, 0) is 33.4 Å². The summed E-state index contributed by atoms with van der Waals surface area (Å²) < 4.78 is 10.2. The van der Waals surface area contributed by atoms with Gasteiger partial charge >= 0.3 is 29.8 Å². The molecule has 0 unspecified atom stereocenters. The van der Waals surface area contributed by atoms with E-state index in [-0.39, 0.29) is 45.4 Å². The van der Waals surface area contributed by atoms with Gasteiger partial charge in [-0.1, -0.05) is 0 Å². The van der Waals surface area contributed by atoms with Crippen LogP contribution in [0.5, 0.6) is 0 Å². The number of aliphatic carboxylic acids is 3. The van der Waals surface area contributed by atoms with Gasteiger partial charge in [0.05, 0.1) is 38.8 Å². The minimum absolute atomic E-state index is 0.0488. The quantitative estimate of drug-likeness (QED) is 0.221. The lowest BCUT2D eigenvalue weighted by atomic mass is 10.2. The molecule has 13 nitrogen and oxygen atoms in total. The van der Waals surface area contributed by atoms with Crippen LogP contribution >= 0.6 is 0 Å². The molecule has 0 aliphatic carbocycles. The van der Waals surface area contributed by atoms with E-state index in [2.05, 4.69) is 0 Å². The van der Waals surface area contributed by atoms with Crippen LogP contribution in [0.25, 0.3) is 0 Å². The molecule has 34 heavy (non-hydrogen) atoms. The van der Waals surface area contributed by atoms with Gasteiger partial charge in [0.25, 0.3) is 0 Å². The molecule has 13 heteroatoms. The number of ether oxygens (including phenoxy) is 2. The summed E-state index contributed by atoms with van der Waals surface area (Å²) in [6.45, 7) is 6.76. The van der Waals surface area contributed by atoms with Crippen LogP contribution < -0.4 is 0 Å². The van der Waals surface area contributed by atoms with Gasteiger partial charge in [-0.25, -0.2) is 0 Å². The average Bonchev–Trinajstić information content (AvgIpc) is 2.59. The Morgan fingerprint density at radius 3 is 1.35 bits per heavy atom. The number of nitrogens with zero attached hydrogens (tertiary/aromatic N) is 3. The van der Waals surface area contributed by atoms with Crippen molar-refractivity contribution in [2.24, 2.45) is 0 Å².